The van der Waals surface area contributed by atoms with E-state index in [-0.39, 0.29) is 6.61 Å². The van der Waals surface area contributed by atoms with Crippen molar-refractivity contribution in [1.29, 1.82) is 0 Å². The Morgan fingerprint density at radius 2 is 1.86 bits per heavy atom. The molecule has 5 rings (SSSR count). The van der Waals surface area contributed by atoms with E-state index in [9.17, 15) is 5.11 Å². The number of aliphatic hydroxyl groups is 1. The van der Waals surface area contributed by atoms with Crippen LogP contribution in [0.1, 0.15) is 5.56 Å². The SMILES string of the molecule is COc1cc(CO)cc2c(-c3cc4ccccc4o3)cnc(-[n+]3ccccc3)c12. The summed E-state index contributed by atoms with van der Waals surface area (Å²) in [5, 5.41) is 12.6. The summed E-state index contributed by atoms with van der Waals surface area (Å²) in [4.78, 5) is 4.75. The Hall–Kier alpha value is -3.70. The molecule has 5 heteroatoms. The molecule has 5 nitrogen and oxygen atoms in total. The Bertz CT molecular complexity index is 1290. The van der Waals surface area contributed by atoms with Gasteiger partial charge in [0.25, 0.3) is 0 Å². The van der Waals surface area contributed by atoms with Gasteiger partial charge in [0.2, 0.25) is 0 Å². The lowest BCUT2D eigenvalue weighted by atomic mass is 10.0. The van der Waals surface area contributed by atoms with E-state index in [1.165, 1.54) is 0 Å². The normalized spacial score (nSPS) is 11.2. The van der Waals surface area contributed by atoms with E-state index in [2.05, 4.69) is 0 Å². The van der Waals surface area contributed by atoms with Crippen molar-refractivity contribution in [3.63, 3.8) is 0 Å². The van der Waals surface area contributed by atoms with Crippen molar-refractivity contribution in [2.24, 2.45) is 0 Å². The van der Waals surface area contributed by atoms with Gasteiger partial charge in [0.15, 0.2) is 6.20 Å². The molecule has 0 radical (unpaired) electrons. The van der Waals surface area contributed by atoms with Crippen molar-refractivity contribution in [2.75, 3.05) is 7.11 Å². The van der Waals surface area contributed by atoms with E-state index in [1.54, 1.807) is 7.11 Å². The molecule has 5 aromatic rings. The number of furan rings is 1. The van der Waals surface area contributed by atoms with E-state index >= 15 is 0 Å². The van der Waals surface area contributed by atoms with Crippen molar-refractivity contribution in [3.8, 4) is 22.9 Å². The van der Waals surface area contributed by atoms with Crippen LogP contribution in [-0.4, -0.2) is 17.2 Å². The Kier molecular flexibility index (Phi) is 4.22. The average molecular weight is 383 g/mol. The summed E-state index contributed by atoms with van der Waals surface area (Å²) in [6, 6.07) is 19.6. The number of aromatic nitrogens is 2. The molecule has 0 atom stereocenters. The first-order valence-electron chi connectivity index (χ1n) is 9.34. The molecule has 0 saturated heterocycles. The molecule has 0 saturated carbocycles. The zero-order valence-electron chi connectivity index (χ0n) is 15.9. The van der Waals surface area contributed by atoms with Gasteiger partial charge in [-0.15, -0.1) is 0 Å². The summed E-state index contributed by atoms with van der Waals surface area (Å²) in [6.07, 6.45) is 5.71. The minimum Gasteiger partial charge on any atom is -0.496 e. The lowest BCUT2D eigenvalue weighted by Crippen LogP contribution is -2.30. The Morgan fingerprint density at radius 3 is 2.62 bits per heavy atom. The number of benzene rings is 2. The number of methoxy groups -OCH3 is 1. The zero-order chi connectivity index (χ0) is 19.8. The maximum absolute atomic E-state index is 9.78. The highest BCUT2D eigenvalue weighted by Gasteiger charge is 2.23. The molecule has 0 bridgehead atoms. The van der Waals surface area contributed by atoms with E-state index in [4.69, 9.17) is 14.1 Å². The second-order valence-corrected chi connectivity index (χ2v) is 6.81. The van der Waals surface area contributed by atoms with Gasteiger partial charge >= 0.3 is 5.82 Å². The number of pyridine rings is 2. The van der Waals surface area contributed by atoms with Crippen LogP contribution < -0.4 is 9.30 Å². The fraction of sp³-hybridized carbons (Fsp3) is 0.0833. The van der Waals surface area contributed by atoms with Gasteiger partial charge in [0, 0.05) is 10.8 Å². The van der Waals surface area contributed by atoms with Gasteiger partial charge in [0.05, 0.1) is 31.7 Å². The molecular weight excluding hydrogens is 364 g/mol. The number of para-hydroxylation sites is 1. The molecular formula is C24H19N2O3+. The Labute approximate surface area is 167 Å². The van der Waals surface area contributed by atoms with Crippen LogP contribution >= 0.6 is 0 Å². The minimum absolute atomic E-state index is 0.0813. The van der Waals surface area contributed by atoms with Crippen LogP contribution in [0.15, 0.2) is 83.7 Å². The maximum Gasteiger partial charge on any atom is 0.339 e. The predicted octanol–water partition coefficient (Wildman–Crippen LogP) is 4.43. The zero-order valence-corrected chi connectivity index (χ0v) is 15.9. The number of aliphatic hydroxyl groups excluding tert-OH is 1. The molecule has 142 valence electrons. The summed E-state index contributed by atoms with van der Waals surface area (Å²) in [7, 11) is 1.63. The van der Waals surface area contributed by atoms with E-state index in [1.807, 2.05) is 83.8 Å². The second-order valence-electron chi connectivity index (χ2n) is 6.81. The molecule has 29 heavy (non-hydrogen) atoms. The van der Waals surface area contributed by atoms with Crippen LogP contribution in [0.4, 0.5) is 0 Å². The third-order valence-electron chi connectivity index (χ3n) is 5.05. The number of rotatable bonds is 4. The quantitative estimate of drug-likeness (QED) is 0.467. The molecule has 2 aromatic carbocycles. The first-order valence-corrected chi connectivity index (χ1v) is 9.34. The van der Waals surface area contributed by atoms with E-state index in [0.29, 0.717) is 5.75 Å². The lowest BCUT2D eigenvalue weighted by Gasteiger charge is -2.11. The number of nitrogens with zero attached hydrogens (tertiary/aromatic N) is 2. The van der Waals surface area contributed by atoms with Crippen molar-refractivity contribution in [3.05, 3.63) is 84.8 Å². The molecule has 0 spiro atoms. The van der Waals surface area contributed by atoms with Crippen LogP contribution in [0.5, 0.6) is 5.75 Å². The van der Waals surface area contributed by atoms with E-state index in [0.717, 1.165) is 44.4 Å². The molecule has 0 aliphatic heterocycles. The highest BCUT2D eigenvalue weighted by molar-refractivity contribution is 6.03. The van der Waals surface area contributed by atoms with Crippen LogP contribution in [0, 0.1) is 0 Å². The molecule has 0 aliphatic rings. The summed E-state index contributed by atoms with van der Waals surface area (Å²) in [5.41, 5.74) is 2.44. The highest BCUT2D eigenvalue weighted by atomic mass is 16.5. The Morgan fingerprint density at radius 1 is 1.03 bits per heavy atom. The molecule has 0 aliphatic carbocycles. The topological polar surface area (TPSA) is 59.4 Å². The van der Waals surface area contributed by atoms with Crippen LogP contribution in [0.3, 0.4) is 0 Å². The fourth-order valence-electron chi connectivity index (χ4n) is 3.67. The Balaban J connectivity index is 1.86. The molecule has 0 fully saturated rings. The second kappa shape index (κ2) is 7.04. The predicted molar refractivity (Wildman–Crippen MR) is 111 cm³/mol. The summed E-state index contributed by atoms with van der Waals surface area (Å²) in [6.45, 7) is -0.0813. The lowest BCUT2D eigenvalue weighted by molar-refractivity contribution is -0.598. The summed E-state index contributed by atoms with van der Waals surface area (Å²) >= 11 is 0. The third kappa shape index (κ3) is 2.92. The molecule has 3 heterocycles. The van der Waals surface area contributed by atoms with E-state index < -0.39 is 0 Å². The first-order chi connectivity index (χ1) is 14.3. The monoisotopic (exact) mass is 383 g/mol. The van der Waals surface area contributed by atoms with Gasteiger partial charge in [0.1, 0.15) is 22.5 Å². The number of ether oxygens (including phenoxy) is 1. The maximum atomic E-state index is 9.78. The van der Waals surface area contributed by atoms with Crippen molar-refractivity contribution < 1.29 is 18.8 Å². The smallest absolute Gasteiger partial charge is 0.339 e. The minimum atomic E-state index is -0.0813. The third-order valence-corrected chi connectivity index (χ3v) is 5.05. The van der Waals surface area contributed by atoms with Crippen molar-refractivity contribution >= 4 is 21.7 Å². The van der Waals surface area contributed by atoms with Gasteiger partial charge in [-0.25, -0.2) is 4.57 Å². The summed E-state index contributed by atoms with van der Waals surface area (Å²) < 4.78 is 13.7. The molecule has 3 aromatic heterocycles. The van der Waals surface area contributed by atoms with Crippen molar-refractivity contribution in [1.82, 2.24) is 4.98 Å². The first kappa shape index (κ1) is 17.4. The molecule has 0 unspecified atom stereocenters. The van der Waals surface area contributed by atoms with Gasteiger partial charge in [-0.05, 0) is 46.9 Å². The van der Waals surface area contributed by atoms with Gasteiger partial charge in [-0.2, -0.15) is 0 Å². The van der Waals surface area contributed by atoms with Crippen LogP contribution in [0.2, 0.25) is 0 Å². The largest absolute Gasteiger partial charge is 0.496 e. The highest BCUT2D eigenvalue weighted by Crippen LogP contribution is 2.38. The summed E-state index contributed by atoms with van der Waals surface area (Å²) in [5.74, 6) is 2.13. The van der Waals surface area contributed by atoms with Crippen LogP contribution in [0.25, 0.3) is 38.9 Å². The fourth-order valence-corrected chi connectivity index (χ4v) is 3.67. The van der Waals surface area contributed by atoms with Crippen LogP contribution in [-0.2, 0) is 6.61 Å². The van der Waals surface area contributed by atoms with Gasteiger partial charge < -0.3 is 14.3 Å². The molecule has 1 N–H and O–H groups in total. The standard InChI is InChI=1S/C24H19N2O3/c1-28-22-12-16(15-27)11-18-19(21-13-17-7-3-4-8-20(17)29-21)14-25-24(23(18)22)26-9-5-2-6-10-26/h2-14,27H,15H2,1H3/q+1. The number of hydrogen-bond acceptors (Lipinski definition) is 4. The van der Waals surface area contributed by atoms with Gasteiger partial charge in [-0.1, -0.05) is 24.3 Å². The number of hydrogen-bond donors (Lipinski definition) is 1. The van der Waals surface area contributed by atoms with Crippen molar-refractivity contribution in [2.45, 2.75) is 6.61 Å². The molecule has 0 amide bonds. The van der Waals surface area contributed by atoms with Gasteiger partial charge in [-0.3, -0.25) is 0 Å². The average Bonchev–Trinajstić information content (AvgIpc) is 3.22. The number of fused-ring (bicyclic) bond motifs is 2.